The Hall–Kier alpha value is -2.62. The van der Waals surface area contributed by atoms with E-state index in [1.165, 1.54) is 18.4 Å². The van der Waals surface area contributed by atoms with Gasteiger partial charge in [0.15, 0.2) is 0 Å². The third-order valence-electron chi connectivity index (χ3n) is 4.62. The highest BCUT2D eigenvalue weighted by atomic mass is 19.1. The van der Waals surface area contributed by atoms with E-state index in [4.69, 9.17) is 4.42 Å². The molecule has 3 nitrogen and oxygen atoms in total. The van der Waals surface area contributed by atoms with Crippen LogP contribution < -0.4 is 0 Å². The molecule has 3 aromatic rings. The molecular weight excluding hydrogens is 293 g/mol. The summed E-state index contributed by atoms with van der Waals surface area (Å²) in [6.45, 7) is 2.57. The first-order chi connectivity index (χ1) is 11.1. The SMILES string of the molecule is CC1c2cc(F)ccc2CCN1C(=O)c1coc2ccccc12. The second-order valence-corrected chi connectivity index (χ2v) is 5.91. The number of para-hydroxylation sites is 1. The highest BCUT2D eigenvalue weighted by molar-refractivity contribution is 6.06. The molecule has 2 heterocycles. The van der Waals surface area contributed by atoms with E-state index in [-0.39, 0.29) is 17.8 Å². The van der Waals surface area contributed by atoms with Gasteiger partial charge in [-0.3, -0.25) is 4.79 Å². The highest BCUT2D eigenvalue weighted by Gasteiger charge is 2.30. The number of benzene rings is 2. The van der Waals surface area contributed by atoms with E-state index in [9.17, 15) is 9.18 Å². The van der Waals surface area contributed by atoms with E-state index in [1.54, 1.807) is 4.90 Å². The van der Waals surface area contributed by atoms with Gasteiger partial charge in [-0.25, -0.2) is 4.39 Å². The van der Waals surface area contributed by atoms with Crippen LogP contribution in [0, 0.1) is 5.82 Å². The third kappa shape index (κ3) is 2.22. The number of carbonyl (C=O) groups excluding carboxylic acids is 1. The molecule has 0 radical (unpaired) electrons. The standard InChI is InChI=1S/C19H16FNO2/c1-12-16-10-14(20)7-6-13(16)8-9-21(12)19(22)17-11-23-18-5-3-2-4-15(17)18/h2-7,10-12H,8-9H2,1H3. The summed E-state index contributed by atoms with van der Waals surface area (Å²) in [5, 5.41) is 0.815. The molecule has 0 spiro atoms. The molecule has 2 aromatic carbocycles. The highest BCUT2D eigenvalue weighted by Crippen LogP contribution is 2.32. The van der Waals surface area contributed by atoms with Gasteiger partial charge >= 0.3 is 0 Å². The van der Waals surface area contributed by atoms with Crippen LogP contribution in [0.15, 0.2) is 53.1 Å². The number of carbonyl (C=O) groups is 1. The van der Waals surface area contributed by atoms with Crippen molar-refractivity contribution in [1.29, 1.82) is 0 Å². The van der Waals surface area contributed by atoms with Crippen LogP contribution in [-0.4, -0.2) is 17.4 Å². The van der Waals surface area contributed by atoms with Gasteiger partial charge in [0, 0.05) is 11.9 Å². The molecule has 0 N–H and O–H groups in total. The first-order valence-electron chi connectivity index (χ1n) is 7.70. The van der Waals surface area contributed by atoms with Crippen molar-refractivity contribution in [3.8, 4) is 0 Å². The van der Waals surface area contributed by atoms with Crippen LogP contribution in [0.1, 0.15) is 34.5 Å². The summed E-state index contributed by atoms with van der Waals surface area (Å²) in [6, 6.07) is 12.2. The molecule has 0 aliphatic carbocycles. The third-order valence-corrected chi connectivity index (χ3v) is 4.62. The van der Waals surface area contributed by atoms with Crippen LogP contribution in [0.5, 0.6) is 0 Å². The van der Waals surface area contributed by atoms with E-state index < -0.39 is 0 Å². The van der Waals surface area contributed by atoms with Crippen LogP contribution >= 0.6 is 0 Å². The van der Waals surface area contributed by atoms with E-state index in [1.807, 2.05) is 37.3 Å². The quantitative estimate of drug-likeness (QED) is 0.670. The topological polar surface area (TPSA) is 33.5 Å². The summed E-state index contributed by atoms with van der Waals surface area (Å²) in [5.74, 6) is -0.337. The van der Waals surface area contributed by atoms with Crippen LogP contribution in [0.3, 0.4) is 0 Å². The Morgan fingerprint density at radius 1 is 1.26 bits per heavy atom. The van der Waals surface area contributed by atoms with Crippen LogP contribution in [0.25, 0.3) is 11.0 Å². The summed E-state index contributed by atoms with van der Waals surface area (Å²) in [6.07, 6.45) is 2.25. The van der Waals surface area contributed by atoms with Crippen molar-refractivity contribution in [2.75, 3.05) is 6.54 Å². The lowest BCUT2D eigenvalue weighted by Gasteiger charge is -2.35. The van der Waals surface area contributed by atoms with E-state index in [2.05, 4.69) is 0 Å². The van der Waals surface area contributed by atoms with Crippen LogP contribution in [-0.2, 0) is 6.42 Å². The number of furan rings is 1. The first kappa shape index (κ1) is 14.0. The van der Waals surface area contributed by atoms with Crippen molar-refractivity contribution in [2.45, 2.75) is 19.4 Å². The van der Waals surface area contributed by atoms with Crippen molar-refractivity contribution in [1.82, 2.24) is 4.90 Å². The summed E-state index contributed by atoms with van der Waals surface area (Å²) in [5.41, 5.74) is 3.26. The first-order valence-corrected chi connectivity index (χ1v) is 7.70. The smallest absolute Gasteiger partial charge is 0.258 e. The zero-order chi connectivity index (χ0) is 16.0. The molecular formula is C19H16FNO2. The molecule has 1 aliphatic rings. The minimum atomic E-state index is -0.265. The molecule has 0 saturated carbocycles. The lowest BCUT2D eigenvalue weighted by atomic mass is 9.93. The zero-order valence-electron chi connectivity index (χ0n) is 12.8. The summed E-state index contributed by atoms with van der Waals surface area (Å²) >= 11 is 0. The van der Waals surface area contributed by atoms with E-state index in [0.717, 1.165) is 22.9 Å². The van der Waals surface area contributed by atoms with Crippen LogP contribution in [0.4, 0.5) is 4.39 Å². The Kier molecular flexibility index (Phi) is 3.18. The molecule has 4 heteroatoms. The van der Waals surface area contributed by atoms with Crippen LogP contribution in [0.2, 0.25) is 0 Å². The predicted molar refractivity (Wildman–Crippen MR) is 85.8 cm³/mol. The Bertz CT molecular complexity index is 899. The van der Waals surface area contributed by atoms with Gasteiger partial charge in [-0.15, -0.1) is 0 Å². The average Bonchev–Trinajstić information content (AvgIpc) is 2.99. The lowest BCUT2D eigenvalue weighted by molar-refractivity contribution is 0.0678. The summed E-state index contributed by atoms with van der Waals surface area (Å²) in [7, 11) is 0. The van der Waals surface area contributed by atoms with Crippen molar-refractivity contribution in [2.24, 2.45) is 0 Å². The van der Waals surface area contributed by atoms with Crippen molar-refractivity contribution >= 4 is 16.9 Å². The number of amides is 1. The minimum absolute atomic E-state index is 0.0719. The molecule has 0 fully saturated rings. The Morgan fingerprint density at radius 2 is 2.09 bits per heavy atom. The Balaban J connectivity index is 1.72. The second kappa shape index (κ2) is 5.23. The molecule has 23 heavy (non-hydrogen) atoms. The average molecular weight is 309 g/mol. The maximum absolute atomic E-state index is 13.6. The fraction of sp³-hybridized carbons (Fsp3) is 0.211. The maximum Gasteiger partial charge on any atom is 0.258 e. The molecule has 1 atom stereocenters. The number of halogens is 1. The van der Waals surface area contributed by atoms with Gasteiger partial charge in [0.05, 0.1) is 11.6 Å². The van der Waals surface area contributed by atoms with E-state index in [0.29, 0.717) is 17.7 Å². The Morgan fingerprint density at radius 3 is 2.96 bits per heavy atom. The zero-order valence-corrected chi connectivity index (χ0v) is 12.8. The van der Waals surface area contributed by atoms with Gasteiger partial charge in [0.25, 0.3) is 5.91 Å². The molecule has 4 rings (SSSR count). The second-order valence-electron chi connectivity index (χ2n) is 5.91. The molecule has 116 valence electrons. The normalized spacial score (nSPS) is 17.3. The van der Waals surface area contributed by atoms with E-state index >= 15 is 0 Å². The fourth-order valence-electron chi connectivity index (χ4n) is 3.36. The number of hydrogen-bond acceptors (Lipinski definition) is 2. The van der Waals surface area contributed by atoms with Gasteiger partial charge < -0.3 is 9.32 Å². The van der Waals surface area contributed by atoms with Gasteiger partial charge in [-0.05, 0) is 42.7 Å². The monoisotopic (exact) mass is 309 g/mol. The molecule has 1 amide bonds. The van der Waals surface area contributed by atoms with Gasteiger partial charge in [-0.2, -0.15) is 0 Å². The minimum Gasteiger partial charge on any atom is -0.463 e. The number of fused-ring (bicyclic) bond motifs is 2. The van der Waals surface area contributed by atoms with Gasteiger partial charge in [0.2, 0.25) is 0 Å². The molecule has 1 aliphatic heterocycles. The largest absolute Gasteiger partial charge is 0.463 e. The number of nitrogens with zero attached hydrogens (tertiary/aromatic N) is 1. The molecule has 1 unspecified atom stereocenters. The van der Waals surface area contributed by atoms with Crippen molar-refractivity contribution in [3.05, 3.63) is 71.2 Å². The van der Waals surface area contributed by atoms with Crippen molar-refractivity contribution in [3.63, 3.8) is 0 Å². The number of hydrogen-bond donors (Lipinski definition) is 0. The summed E-state index contributed by atoms with van der Waals surface area (Å²) in [4.78, 5) is 14.7. The molecule has 0 saturated heterocycles. The van der Waals surface area contributed by atoms with Gasteiger partial charge in [0.1, 0.15) is 17.7 Å². The van der Waals surface area contributed by atoms with Crippen molar-refractivity contribution < 1.29 is 13.6 Å². The lowest BCUT2D eigenvalue weighted by Crippen LogP contribution is -2.38. The molecule has 0 bridgehead atoms. The maximum atomic E-state index is 13.6. The van der Waals surface area contributed by atoms with Gasteiger partial charge in [-0.1, -0.05) is 24.3 Å². The fourth-order valence-corrected chi connectivity index (χ4v) is 3.36. The number of rotatable bonds is 1. The predicted octanol–water partition coefficient (Wildman–Crippen LogP) is 4.33. The Labute approximate surface area is 133 Å². The molecule has 1 aromatic heterocycles. The summed E-state index contributed by atoms with van der Waals surface area (Å²) < 4.78 is 19.0.